The summed E-state index contributed by atoms with van der Waals surface area (Å²) in [4.78, 5) is 38.6. The molecule has 0 saturated carbocycles. The average molecular weight is 449 g/mol. The Bertz CT molecular complexity index is 1150. The number of aryl methyl sites for hydroxylation is 1. The van der Waals surface area contributed by atoms with Crippen molar-refractivity contribution in [3.63, 3.8) is 0 Å². The molecular weight excluding hydrogens is 420 g/mol. The van der Waals surface area contributed by atoms with Crippen LogP contribution in [0.3, 0.4) is 0 Å². The second-order valence-corrected chi connectivity index (χ2v) is 9.58. The maximum atomic E-state index is 12.9. The molecule has 1 N–H and O–H groups in total. The summed E-state index contributed by atoms with van der Waals surface area (Å²) >= 11 is 1.45. The lowest BCUT2D eigenvalue weighted by Crippen LogP contribution is -2.39. The van der Waals surface area contributed by atoms with Gasteiger partial charge in [-0.05, 0) is 54.8 Å². The third-order valence-electron chi connectivity index (χ3n) is 6.61. The monoisotopic (exact) mass is 448 g/mol. The highest BCUT2D eigenvalue weighted by molar-refractivity contribution is 7.12. The van der Waals surface area contributed by atoms with Crippen molar-refractivity contribution in [2.24, 2.45) is 0 Å². The molecule has 1 unspecified atom stereocenters. The molecule has 0 bridgehead atoms. The molecular formula is C25H28N4O2S. The fourth-order valence-corrected chi connectivity index (χ4v) is 5.48. The van der Waals surface area contributed by atoms with Crippen LogP contribution in [0.4, 0.5) is 0 Å². The number of amides is 1. The van der Waals surface area contributed by atoms with Crippen LogP contribution in [0.25, 0.3) is 0 Å². The van der Waals surface area contributed by atoms with E-state index in [1.807, 2.05) is 22.4 Å². The third-order valence-corrected chi connectivity index (χ3v) is 7.47. The van der Waals surface area contributed by atoms with Gasteiger partial charge in [-0.2, -0.15) is 0 Å². The molecule has 1 aromatic carbocycles. The van der Waals surface area contributed by atoms with E-state index >= 15 is 0 Å². The number of likely N-dealkylation sites (tertiary alicyclic amines) is 1. The molecule has 5 rings (SSSR count). The molecule has 1 atom stereocenters. The first-order valence-electron chi connectivity index (χ1n) is 11.4. The van der Waals surface area contributed by atoms with Crippen molar-refractivity contribution in [3.05, 3.63) is 85.2 Å². The molecule has 2 aliphatic heterocycles. The average Bonchev–Trinajstić information content (AvgIpc) is 3.51. The molecule has 6 nitrogen and oxygen atoms in total. The predicted molar refractivity (Wildman–Crippen MR) is 126 cm³/mol. The molecule has 0 aliphatic carbocycles. The van der Waals surface area contributed by atoms with Gasteiger partial charge in [0.25, 0.3) is 11.5 Å². The molecule has 2 aromatic heterocycles. The van der Waals surface area contributed by atoms with E-state index in [9.17, 15) is 9.59 Å². The van der Waals surface area contributed by atoms with Gasteiger partial charge in [-0.15, -0.1) is 11.3 Å². The minimum atomic E-state index is -0.0487. The molecule has 0 spiro atoms. The molecule has 7 heteroatoms. The van der Waals surface area contributed by atoms with Gasteiger partial charge < -0.3 is 9.88 Å². The van der Waals surface area contributed by atoms with Crippen LogP contribution in [-0.2, 0) is 25.9 Å². The van der Waals surface area contributed by atoms with Crippen molar-refractivity contribution in [3.8, 4) is 0 Å². The smallest absolute Gasteiger partial charge is 0.264 e. The second-order valence-electron chi connectivity index (χ2n) is 8.63. The van der Waals surface area contributed by atoms with E-state index in [0.29, 0.717) is 19.5 Å². The van der Waals surface area contributed by atoms with E-state index in [0.717, 1.165) is 54.3 Å². The van der Waals surface area contributed by atoms with Crippen LogP contribution in [0.5, 0.6) is 0 Å². The van der Waals surface area contributed by atoms with Gasteiger partial charge in [0.15, 0.2) is 0 Å². The minimum Gasteiger partial charge on any atom is -0.332 e. The predicted octanol–water partition coefficient (Wildman–Crippen LogP) is 3.93. The lowest BCUT2D eigenvalue weighted by Gasteiger charge is -2.29. The van der Waals surface area contributed by atoms with Gasteiger partial charge in [-0.1, -0.05) is 37.3 Å². The summed E-state index contributed by atoms with van der Waals surface area (Å²) in [6.45, 7) is 4.95. The molecule has 4 heterocycles. The largest absolute Gasteiger partial charge is 0.332 e. The van der Waals surface area contributed by atoms with Crippen molar-refractivity contribution in [1.29, 1.82) is 0 Å². The molecule has 0 radical (unpaired) electrons. The van der Waals surface area contributed by atoms with Crippen LogP contribution < -0.4 is 5.56 Å². The standard InChI is InChI=1S/C25H28N4O2S/c1-2-17-7-9-18(10-8-17)15-28-12-3-5-21(28)23-26-20-16-29(13-11-19(20)24(30)27-23)25(31)22-6-4-14-32-22/h4,6-10,14,21H,2-3,5,11-13,15-16H2,1H3,(H,26,27,30). The Kier molecular flexibility index (Phi) is 5.93. The zero-order valence-corrected chi connectivity index (χ0v) is 19.2. The number of benzene rings is 1. The summed E-state index contributed by atoms with van der Waals surface area (Å²) in [5.41, 5.74) is 4.05. The van der Waals surface area contributed by atoms with Gasteiger partial charge in [0.05, 0.1) is 23.2 Å². The van der Waals surface area contributed by atoms with E-state index in [2.05, 4.69) is 41.1 Å². The Morgan fingerprint density at radius 2 is 2.00 bits per heavy atom. The first-order valence-corrected chi connectivity index (χ1v) is 12.3. The SMILES string of the molecule is CCc1ccc(CN2CCCC2c2nc3c(c(=O)[nH]2)CCN(C(=O)c2cccs2)C3)cc1. The first kappa shape index (κ1) is 21.1. The van der Waals surface area contributed by atoms with Crippen molar-refractivity contribution >= 4 is 17.2 Å². The number of carbonyl (C=O) groups excluding carboxylic acids is 1. The number of hydrogen-bond donors (Lipinski definition) is 1. The molecule has 1 fully saturated rings. The number of aromatic amines is 1. The number of nitrogens with one attached hydrogen (secondary N) is 1. The first-order chi connectivity index (χ1) is 15.6. The van der Waals surface area contributed by atoms with Crippen molar-refractivity contribution in [2.75, 3.05) is 13.1 Å². The van der Waals surface area contributed by atoms with Crippen LogP contribution in [0.2, 0.25) is 0 Å². The van der Waals surface area contributed by atoms with Crippen LogP contribution >= 0.6 is 11.3 Å². The lowest BCUT2D eigenvalue weighted by atomic mass is 10.1. The van der Waals surface area contributed by atoms with Crippen LogP contribution in [0.1, 0.15) is 63.7 Å². The summed E-state index contributed by atoms with van der Waals surface area (Å²) in [5.74, 6) is 0.758. The van der Waals surface area contributed by atoms with E-state index in [-0.39, 0.29) is 17.5 Å². The molecule has 1 amide bonds. The highest BCUT2D eigenvalue weighted by atomic mass is 32.1. The van der Waals surface area contributed by atoms with E-state index in [1.165, 1.54) is 22.5 Å². The molecule has 3 aromatic rings. The van der Waals surface area contributed by atoms with E-state index in [4.69, 9.17) is 4.98 Å². The summed E-state index contributed by atoms with van der Waals surface area (Å²) in [7, 11) is 0. The van der Waals surface area contributed by atoms with Crippen LogP contribution in [0, 0.1) is 0 Å². The quantitative estimate of drug-likeness (QED) is 0.642. The molecule has 2 aliphatic rings. The van der Waals surface area contributed by atoms with Crippen LogP contribution in [0.15, 0.2) is 46.6 Å². The van der Waals surface area contributed by atoms with Crippen molar-refractivity contribution in [2.45, 2.75) is 51.7 Å². The topological polar surface area (TPSA) is 69.3 Å². The Labute approximate surface area is 191 Å². The second kappa shape index (κ2) is 9.00. The number of aromatic nitrogens is 2. The summed E-state index contributed by atoms with van der Waals surface area (Å²) in [6, 6.07) is 12.6. The molecule has 166 valence electrons. The number of carbonyl (C=O) groups is 1. The summed E-state index contributed by atoms with van der Waals surface area (Å²) in [5, 5.41) is 1.91. The van der Waals surface area contributed by atoms with Crippen LogP contribution in [-0.4, -0.2) is 38.8 Å². The zero-order chi connectivity index (χ0) is 22.1. The van der Waals surface area contributed by atoms with Gasteiger partial charge in [0, 0.05) is 18.7 Å². The zero-order valence-electron chi connectivity index (χ0n) is 18.3. The van der Waals surface area contributed by atoms with Gasteiger partial charge in [0.1, 0.15) is 5.82 Å². The Hall–Kier alpha value is -2.77. The van der Waals surface area contributed by atoms with E-state index in [1.54, 1.807) is 0 Å². The molecule has 1 saturated heterocycles. The number of rotatable bonds is 5. The number of nitrogens with zero attached hydrogens (tertiary/aromatic N) is 3. The number of thiophene rings is 1. The third kappa shape index (κ3) is 4.14. The van der Waals surface area contributed by atoms with Gasteiger partial charge in [0.2, 0.25) is 0 Å². The van der Waals surface area contributed by atoms with Gasteiger partial charge in [-0.25, -0.2) is 4.98 Å². The Morgan fingerprint density at radius 1 is 1.19 bits per heavy atom. The summed E-state index contributed by atoms with van der Waals surface area (Å²) in [6.07, 6.45) is 3.65. The normalized spacial score (nSPS) is 18.7. The Morgan fingerprint density at radius 3 is 2.75 bits per heavy atom. The fourth-order valence-electron chi connectivity index (χ4n) is 4.79. The number of hydrogen-bond acceptors (Lipinski definition) is 5. The van der Waals surface area contributed by atoms with E-state index < -0.39 is 0 Å². The Balaban J connectivity index is 1.37. The highest BCUT2D eigenvalue weighted by Gasteiger charge is 2.31. The van der Waals surface area contributed by atoms with Crippen molar-refractivity contribution in [1.82, 2.24) is 19.8 Å². The number of H-pyrrole nitrogens is 1. The number of fused-ring (bicyclic) bond motifs is 1. The van der Waals surface area contributed by atoms with Crippen molar-refractivity contribution < 1.29 is 4.79 Å². The molecule has 32 heavy (non-hydrogen) atoms. The fraction of sp³-hybridized carbons (Fsp3) is 0.400. The highest BCUT2D eigenvalue weighted by Crippen LogP contribution is 2.31. The maximum absolute atomic E-state index is 12.9. The maximum Gasteiger partial charge on any atom is 0.264 e. The lowest BCUT2D eigenvalue weighted by molar-refractivity contribution is 0.0735. The van der Waals surface area contributed by atoms with Gasteiger partial charge >= 0.3 is 0 Å². The van der Waals surface area contributed by atoms with Gasteiger partial charge in [-0.3, -0.25) is 14.5 Å². The minimum absolute atomic E-state index is 0.0206. The summed E-state index contributed by atoms with van der Waals surface area (Å²) < 4.78 is 0.